The van der Waals surface area contributed by atoms with Gasteiger partial charge in [0.15, 0.2) is 0 Å². The lowest BCUT2D eigenvalue weighted by Crippen LogP contribution is -2.36. The van der Waals surface area contributed by atoms with E-state index in [9.17, 15) is 15.0 Å². The van der Waals surface area contributed by atoms with Crippen molar-refractivity contribution < 1.29 is 24.5 Å². The summed E-state index contributed by atoms with van der Waals surface area (Å²) in [7, 11) is 3.61. The molecular weight excluding hydrogens is 462 g/mol. The highest BCUT2D eigenvalue weighted by atomic mass is 16.5. The van der Waals surface area contributed by atoms with E-state index in [0.717, 1.165) is 23.6 Å². The molecule has 1 fully saturated rings. The van der Waals surface area contributed by atoms with Crippen LogP contribution >= 0.6 is 0 Å². The van der Waals surface area contributed by atoms with Gasteiger partial charge in [0.1, 0.15) is 24.1 Å². The minimum Gasteiger partial charge on any atom is -0.497 e. The van der Waals surface area contributed by atoms with Gasteiger partial charge in [-0.05, 0) is 30.3 Å². The lowest BCUT2D eigenvalue weighted by atomic mass is 10.1. The summed E-state index contributed by atoms with van der Waals surface area (Å²) in [5.41, 5.74) is 2.92. The number of carbonyl (C=O) groups is 1. The van der Waals surface area contributed by atoms with Crippen molar-refractivity contribution in [3.05, 3.63) is 77.6 Å². The maximum absolute atomic E-state index is 12.4. The van der Waals surface area contributed by atoms with Gasteiger partial charge in [0.2, 0.25) is 5.91 Å². The molecule has 1 saturated heterocycles. The molecule has 10 heteroatoms. The summed E-state index contributed by atoms with van der Waals surface area (Å²) in [6.45, 7) is 1.96. The zero-order valence-corrected chi connectivity index (χ0v) is 20.5. The number of ether oxygens (including phenoxy) is 2. The number of nitrogens with one attached hydrogen (secondary N) is 1. The summed E-state index contributed by atoms with van der Waals surface area (Å²) < 4.78 is 12.6. The largest absolute Gasteiger partial charge is 0.497 e. The Morgan fingerprint density at radius 1 is 1.06 bits per heavy atom. The molecule has 1 aliphatic rings. The molecule has 0 spiro atoms. The first-order valence-electron chi connectivity index (χ1n) is 11.9. The van der Waals surface area contributed by atoms with E-state index in [-0.39, 0.29) is 18.9 Å². The maximum Gasteiger partial charge on any atom is 0.222 e. The number of aliphatic hydroxyl groups excluding tert-OH is 2. The van der Waals surface area contributed by atoms with E-state index in [1.165, 1.54) is 5.56 Å². The van der Waals surface area contributed by atoms with Crippen molar-refractivity contribution in [2.45, 2.75) is 57.0 Å². The Hall–Kier alpha value is -3.31. The third-order valence-corrected chi connectivity index (χ3v) is 6.18. The second-order valence-corrected chi connectivity index (χ2v) is 9.11. The Morgan fingerprint density at radius 2 is 1.78 bits per heavy atom. The number of benzene rings is 2. The predicted molar refractivity (Wildman–Crippen MR) is 132 cm³/mol. The third kappa shape index (κ3) is 6.88. The first kappa shape index (κ1) is 25.8. The van der Waals surface area contributed by atoms with Crippen molar-refractivity contribution in [3.63, 3.8) is 0 Å². The molecular formula is C26H33N5O5. The number of nitrogens with zero attached hydrogens (tertiary/aromatic N) is 4. The molecule has 36 heavy (non-hydrogen) atoms. The van der Waals surface area contributed by atoms with Crippen LogP contribution in [0.5, 0.6) is 5.75 Å². The molecule has 1 aromatic heterocycles. The molecule has 0 saturated carbocycles. The van der Waals surface area contributed by atoms with Crippen LogP contribution in [0.1, 0.15) is 23.2 Å². The molecule has 4 atom stereocenters. The summed E-state index contributed by atoms with van der Waals surface area (Å²) in [4.78, 5) is 14.5. The number of rotatable bonds is 11. The molecule has 3 aromatic rings. The summed E-state index contributed by atoms with van der Waals surface area (Å²) in [6.07, 6.45) is -2.05. The summed E-state index contributed by atoms with van der Waals surface area (Å²) in [6, 6.07) is 17.5. The van der Waals surface area contributed by atoms with Crippen molar-refractivity contribution >= 4 is 5.91 Å². The van der Waals surface area contributed by atoms with E-state index in [1.807, 2.05) is 49.5 Å². The molecule has 0 bridgehead atoms. The highest BCUT2D eigenvalue weighted by Gasteiger charge is 2.43. The molecule has 4 rings (SSSR count). The van der Waals surface area contributed by atoms with Crippen LogP contribution in [0.4, 0.5) is 0 Å². The zero-order chi connectivity index (χ0) is 25.5. The topological polar surface area (TPSA) is 122 Å². The van der Waals surface area contributed by atoms with Crippen LogP contribution in [-0.2, 0) is 35.7 Å². The summed E-state index contributed by atoms with van der Waals surface area (Å²) in [5, 5.41) is 32.1. The number of aromatic nitrogens is 3. The smallest absolute Gasteiger partial charge is 0.222 e. The van der Waals surface area contributed by atoms with Gasteiger partial charge in [0.25, 0.3) is 0 Å². The number of amides is 1. The number of hydrogen-bond donors (Lipinski definition) is 3. The lowest BCUT2D eigenvalue weighted by Gasteiger charge is -2.15. The summed E-state index contributed by atoms with van der Waals surface area (Å²) >= 11 is 0. The van der Waals surface area contributed by atoms with E-state index in [4.69, 9.17) is 9.47 Å². The minimum absolute atomic E-state index is 0.0578. The van der Waals surface area contributed by atoms with Gasteiger partial charge in [-0.3, -0.25) is 9.69 Å². The molecule has 1 aliphatic heterocycles. The van der Waals surface area contributed by atoms with Gasteiger partial charge in [0, 0.05) is 25.8 Å². The fourth-order valence-electron chi connectivity index (χ4n) is 4.26. The van der Waals surface area contributed by atoms with Crippen LogP contribution in [0.25, 0.3) is 0 Å². The van der Waals surface area contributed by atoms with Crippen molar-refractivity contribution in [1.82, 2.24) is 25.2 Å². The molecule has 1 amide bonds. The SMILES string of the molecule is COc1ccc(CNC(=O)C[C@@H]2O[C@@H](Cn3cc(CN(C)Cc4ccccc4)nn3)[C@@H](O)[C@H]2O)cc1. The van der Waals surface area contributed by atoms with Crippen LogP contribution in [0.3, 0.4) is 0 Å². The number of aliphatic hydroxyl groups is 2. The van der Waals surface area contributed by atoms with Gasteiger partial charge in [-0.15, -0.1) is 5.10 Å². The van der Waals surface area contributed by atoms with E-state index < -0.39 is 24.4 Å². The third-order valence-electron chi connectivity index (χ3n) is 6.18. The molecule has 0 aliphatic carbocycles. The Labute approximate surface area is 210 Å². The van der Waals surface area contributed by atoms with E-state index in [0.29, 0.717) is 13.1 Å². The monoisotopic (exact) mass is 495 g/mol. The first-order valence-corrected chi connectivity index (χ1v) is 11.9. The normalized spacial score (nSPS) is 21.6. The molecule has 2 aromatic carbocycles. The van der Waals surface area contributed by atoms with Crippen molar-refractivity contribution in [2.75, 3.05) is 14.2 Å². The van der Waals surface area contributed by atoms with E-state index in [2.05, 4.69) is 32.7 Å². The van der Waals surface area contributed by atoms with Gasteiger partial charge in [-0.25, -0.2) is 4.68 Å². The predicted octanol–water partition coefficient (Wildman–Crippen LogP) is 1.11. The average molecular weight is 496 g/mol. The number of hydrogen-bond acceptors (Lipinski definition) is 8. The van der Waals surface area contributed by atoms with Gasteiger partial charge in [-0.2, -0.15) is 0 Å². The molecule has 0 radical (unpaired) electrons. The van der Waals surface area contributed by atoms with Crippen LogP contribution in [-0.4, -0.2) is 74.6 Å². The number of methoxy groups -OCH3 is 1. The highest BCUT2D eigenvalue weighted by molar-refractivity contribution is 5.76. The Balaban J connectivity index is 1.24. The second kappa shape index (κ2) is 12.1. The van der Waals surface area contributed by atoms with Crippen LogP contribution in [0.15, 0.2) is 60.8 Å². The quantitative estimate of drug-likeness (QED) is 0.362. The highest BCUT2D eigenvalue weighted by Crippen LogP contribution is 2.25. The standard InChI is InChI=1S/C26H33N5O5/c1-30(14-19-6-4-3-5-7-19)15-20-16-31(29-28-20)17-23-26(34)25(33)22(36-23)12-24(32)27-13-18-8-10-21(35-2)11-9-18/h3-11,16,22-23,25-26,33-34H,12-15,17H2,1-2H3,(H,27,32)/t22-,23-,25-,26+/m0/s1. The van der Waals surface area contributed by atoms with Gasteiger partial charge in [0.05, 0.1) is 31.9 Å². The summed E-state index contributed by atoms with van der Waals surface area (Å²) in [5.74, 6) is 0.471. The Morgan fingerprint density at radius 3 is 2.50 bits per heavy atom. The molecule has 10 nitrogen and oxygen atoms in total. The first-order chi connectivity index (χ1) is 17.4. The van der Waals surface area contributed by atoms with E-state index >= 15 is 0 Å². The minimum atomic E-state index is -1.17. The van der Waals surface area contributed by atoms with Crippen LogP contribution in [0, 0.1) is 0 Å². The molecule has 192 valence electrons. The van der Waals surface area contributed by atoms with E-state index in [1.54, 1.807) is 18.0 Å². The van der Waals surface area contributed by atoms with Crippen molar-refractivity contribution in [3.8, 4) is 5.75 Å². The zero-order valence-electron chi connectivity index (χ0n) is 20.5. The maximum atomic E-state index is 12.4. The number of carbonyl (C=O) groups excluding carboxylic acids is 1. The molecule has 3 N–H and O–H groups in total. The Kier molecular flexibility index (Phi) is 8.65. The fourth-order valence-corrected chi connectivity index (χ4v) is 4.26. The van der Waals surface area contributed by atoms with Gasteiger partial charge < -0.3 is 25.0 Å². The van der Waals surface area contributed by atoms with Crippen molar-refractivity contribution in [1.29, 1.82) is 0 Å². The van der Waals surface area contributed by atoms with Crippen LogP contribution < -0.4 is 10.1 Å². The second-order valence-electron chi connectivity index (χ2n) is 9.11. The Bertz CT molecular complexity index is 1110. The van der Waals surface area contributed by atoms with Crippen molar-refractivity contribution in [2.24, 2.45) is 0 Å². The fraction of sp³-hybridized carbons (Fsp3) is 0.423. The van der Waals surface area contributed by atoms with Gasteiger partial charge >= 0.3 is 0 Å². The van der Waals surface area contributed by atoms with Gasteiger partial charge in [-0.1, -0.05) is 47.7 Å². The average Bonchev–Trinajstić information content (AvgIpc) is 3.42. The van der Waals surface area contributed by atoms with Crippen LogP contribution in [0.2, 0.25) is 0 Å². The molecule has 0 unspecified atom stereocenters. The molecule has 2 heterocycles. The lowest BCUT2D eigenvalue weighted by molar-refractivity contribution is -0.125.